The fraction of sp³-hybridized carbons (Fsp3) is 0.923. The van der Waals surface area contributed by atoms with Gasteiger partial charge in [-0.15, -0.1) is 0 Å². The fourth-order valence-corrected chi connectivity index (χ4v) is 3.93. The molecule has 2 N–H and O–H groups in total. The van der Waals surface area contributed by atoms with Gasteiger partial charge in [0.1, 0.15) is 0 Å². The van der Waals surface area contributed by atoms with Gasteiger partial charge >= 0.3 is 0 Å². The molecule has 3 aliphatic rings. The van der Waals surface area contributed by atoms with E-state index in [1.165, 1.54) is 37.2 Å². The van der Waals surface area contributed by atoms with Gasteiger partial charge in [0, 0.05) is 31.1 Å². The fourth-order valence-electron chi connectivity index (χ4n) is 3.03. The van der Waals surface area contributed by atoms with E-state index in [0.717, 1.165) is 43.3 Å². The summed E-state index contributed by atoms with van der Waals surface area (Å²) in [7, 11) is 0. The largest absolute Gasteiger partial charge is 0.370 e. The van der Waals surface area contributed by atoms with Crippen LogP contribution in [0.15, 0.2) is 4.99 Å². The summed E-state index contributed by atoms with van der Waals surface area (Å²) >= 11 is 2.02. The molecule has 0 radical (unpaired) electrons. The molecule has 3 nitrogen and oxygen atoms in total. The van der Waals surface area contributed by atoms with Gasteiger partial charge in [-0.05, 0) is 24.2 Å². The van der Waals surface area contributed by atoms with Gasteiger partial charge in [-0.25, -0.2) is 0 Å². The van der Waals surface area contributed by atoms with Gasteiger partial charge < -0.3 is 10.6 Å². The van der Waals surface area contributed by atoms with E-state index >= 15 is 0 Å². The molecule has 2 saturated carbocycles. The molecule has 3 fully saturated rings. The van der Waals surface area contributed by atoms with Crippen molar-refractivity contribution in [2.45, 2.75) is 25.7 Å². The molecule has 0 spiro atoms. The van der Waals surface area contributed by atoms with E-state index < -0.39 is 0 Å². The molecule has 0 aromatic carbocycles. The molecule has 0 bridgehead atoms. The number of hydrogen-bond donors (Lipinski definition) is 1. The molecular formula is C13H23N3S. The van der Waals surface area contributed by atoms with Crippen LogP contribution in [0.3, 0.4) is 0 Å². The average molecular weight is 253 g/mol. The van der Waals surface area contributed by atoms with Crippen LogP contribution in [0.4, 0.5) is 0 Å². The van der Waals surface area contributed by atoms with E-state index in [0.29, 0.717) is 0 Å². The van der Waals surface area contributed by atoms with Crippen molar-refractivity contribution in [1.29, 1.82) is 0 Å². The third-order valence-electron chi connectivity index (χ3n) is 4.56. The predicted octanol–water partition coefficient (Wildman–Crippen LogP) is 1.79. The second kappa shape index (κ2) is 5.09. The Morgan fingerprint density at radius 1 is 1.29 bits per heavy atom. The molecule has 4 heteroatoms. The minimum Gasteiger partial charge on any atom is -0.370 e. The topological polar surface area (TPSA) is 41.6 Å². The molecule has 1 aliphatic heterocycles. The Morgan fingerprint density at radius 3 is 2.71 bits per heavy atom. The lowest BCUT2D eigenvalue weighted by Crippen LogP contribution is -2.42. The lowest BCUT2D eigenvalue weighted by atomic mass is 9.81. The van der Waals surface area contributed by atoms with E-state index in [4.69, 9.17) is 5.73 Å². The SMILES string of the molecule is NC(=NC[C@@H]1C[C@H]1C1CCC1)N1CCSCC1. The van der Waals surface area contributed by atoms with Crippen LogP contribution in [0.5, 0.6) is 0 Å². The molecule has 96 valence electrons. The van der Waals surface area contributed by atoms with Crippen molar-refractivity contribution >= 4 is 17.7 Å². The first-order chi connectivity index (χ1) is 8.34. The molecular weight excluding hydrogens is 230 g/mol. The van der Waals surface area contributed by atoms with Crippen molar-refractivity contribution in [3.8, 4) is 0 Å². The number of aliphatic imine (C=N–C) groups is 1. The van der Waals surface area contributed by atoms with Gasteiger partial charge in [-0.3, -0.25) is 4.99 Å². The zero-order chi connectivity index (χ0) is 11.7. The summed E-state index contributed by atoms with van der Waals surface area (Å²) in [5.41, 5.74) is 6.06. The van der Waals surface area contributed by atoms with E-state index in [1.807, 2.05) is 11.8 Å². The molecule has 17 heavy (non-hydrogen) atoms. The Kier molecular flexibility index (Phi) is 3.50. The van der Waals surface area contributed by atoms with Gasteiger partial charge in [0.05, 0.1) is 0 Å². The van der Waals surface area contributed by atoms with Crippen molar-refractivity contribution in [2.75, 3.05) is 31.1 Å². The van der Waals surface area contributed by atoms with Crippen LogP contribution in [-0.2, 0) is 0 Å². The molecule has 0 unspecified atom stereocenters. The molecule has 2 aliphatic carbocycles. The Hall–Kier alpha value is -0.380. The highest BCUT2D eigenvalue weighted by atomic mass is 32.2. The van der Waals surface area contributed by atoms with Gasteiger partial charge in [0.2, 0.25) is 0 Å². The summed E-state index contributed by atoms with van der Waals surface area (Å²) < 4.78 is 0. The maximum atomic E-state index is 6.06. The standard InChI is InChI=1S/C13H23N3S/c14-13(16-4-6-17-7-5-16)15-9-11-8-12(11)10-2-1-3-10/h10-12H,1-9H2,(H2,14,15)/t11-,12-/m0/s1. The first-order valence-electron chi connectivity index (χ1n) is 6.97. The molecule has 1 saturated heterocycles. The lowest BCUT2D eigenvalue weighted by molar-refractivity contribution is 0.266. The van der Waals surface area contributed by atoms with Crippen LogP contribution in [-0.4, -0.2) is 42.0 Å². The van der Waals surface area contributed by atoms with Crippen LogP contribution in [0.25, 0.3) is 0 Å². The smallest absolute Gasteiger partial charge is 0.191 e. The summed E-state index contributed by atoms with van der Waals surface area (Å²) in [4.78, 5) is 6.86. The number of guanidine groups is 1. The van der Waals surface area contributed by atoms with Gasteiger partial charge in [-0.1, -0.05) is 19.3 Å². The van der Waals surface area contributed by atoms with Crippen LogP contribution in [0.2, 0.25) is 0 Å². The number of rotatable bonds is 3. The van der Waals surface area contributed by atoms with Crippen molar-refractivity contribution in [2.24, 2.45) is 28.5 Å². The highest BCUT2D eigenvalue weighted by Crippen LogP contribution is 2.51. The van der Waals surface area contributed by atoms with E-state index in [2.05, 4.69) is 9.89 Å². The second-order valence-corrected chi connectivity index (χ2v) is 6.87. The summed E-state index contributed by atoms with van der Waals surface area (Å²) in [5, 5.41) is 0. The number of nitrogens with zero attached hydrogens (tertiary/aromatic N) is 2. The number of thioether (sulfide) groups is 1. The normalized spacial score (nSPS) is 34.6. The van der Waals surface area contributed by atoms with Gasteiger partial charge in [0.25, 0.3) is 0 Å². The minimum atomic E-state index is 0.796. The Balaban J connectivity index is 1.43. The van der Waals surface area contributed by atoms with E-state index in [9.17, 15) is 0 Å². The third kappa shape index (κ3) is 2.72. The van der Waals surface area contributed by atoms with Crippen LogP contribution in [0, 0.1) is 17.8 Å². The molecule has 0 aromatic rings. The Bertz CT molecular complexity index is 295. The van der Waals surface area contributed by atoms with Crippen molar-refractivity contribution < 1.29 is 0 Å². The maximum absolute atomic E-state index is 6.06. The third-order valence-corrected chi connectivity index (χ3v) is 5.50. The van der Waals surface area contributed by atoms with Gasteiger partial charge in [0.15, 0.2) is 5.96 Å². The first kappa shape index (κ1) is 11.7. The van der Waals surface area contributed by atoms with E-state index in [-0.39, 0.29) is 0 Å². The Morgan fingerprint density at radius 2 is 2.06 bits per heavy atom. The second-order valence-electron chi connectivity index (χ2n) is 5.65. The van der Waals surface area contributed by atoms with Crippen molar-refractivity contribution in [3.63, 3.8) is 0 Å². The molecule has 3 rings (SSSR count). The van der Waals surface area contributed by atoms with Crippen LogP contribution < -0.4 is 5.73 Å². The zero-order valence-electron chi connectivity index (χ0n) is 10.5. The molecule has 1 heterocycles. The average Bonchev–Trinajstić information content (AvgIpc) is 3.04. The number of hydrogen-bond acceptors (Lipinski definition) is 2. The first-order valence-corrected chi connectivity index (χ1v) is 8.12. The maximum Gasteiger partial charge on any atom is 0.191 e. The Labute approximate surface area is 108 Å². The summed E-state index contributed by atoms with van der Waals surface area (Å²) in [6, 6.07) is 0. The minimum absolute atomic E-state index is 0.796. The molecule has 0 amide bonds. The monoisotopic (exact) mass is 253 g/mol. The zero-order valence-corrected chi connectivity index (χ0v) is 11.3. The summed E-state index contributed by atoms with van der Waals surface area (Å²) in [6.07, 6.45) is 5.83. The van der Waals surface area contributed by atoms with Gasteiger partial charge in [-0.2, -0.15) is 11.8 Å². The van der Waals surface area contributed by atoms with Crippen molar-refractivity contribution in [1.82, 2.24) is 4.90 Å². The highest BCUT2D eigenvalue weighted by Gasteiger charge is 2.44. The quantitative estimate of drug-likeness (QED) is 0.616. The lowest BCUT2D eigenvalue weighted by Gasteiger charge is -2.27. The summed E-state index contributed by atoms with van der Waals surface area (Å²) in [5.74, 6) is 6.09. The van der Waals surface area contributed by atoms with E-state index in [1.54, 1.807) is 0 Å². The molecule has 0 aromatic heterocycles. The highest BCUT2D eigenvalue weighted by molar-refractivity contribution is 7.99. The predicted molar refractivity (Wildman–Crippen MR) is 74.3 cm³/mol. The van der Waals surface area contributed by atoms with Crippen LogP contribution >= 0.6 is 11.8 Å². The van der Waals surface area contributed by atoms with Crippen molar-refractivity contribution in [3.05, 3.63) is 0 Å². The molecule has 2 atom stereocenters. The number of nitrogens with two attached hydrogens (primary N) is 1. The summed E-state index contributed by atoms with van der Waals surface area (Å²) in [6.45, 7) is 3.14. The van der Waals surface area contributed by atoms with Crippen LogP contribution in [0.1, 0.15) is 25.7 Å².